The van der Waals surface area contributed by atoms with Gasteiger partial charge in [0.25, 0.3) is 0 Å². The van der Waals surface area contributed by atoms with Gasteiger partial charge in [-0.25, -0.2) is 0 Å². The number of nitrogens with one attached hydrogen (secondary N) is 1. The summed E-state index contributed by atoms with van der Waals surface area (Å²) in [6.45, 7) is 7.19. The minimum Gasteiger partial charge on any atom is -0.314 e. The number of alkyl halides is 3. The van der Waals surface area contributed by atoms with Crippen molar-refractivity contribution in [3.63, 3.8) is 0 Å². The number of benzene rings is 1. The van der Waals surface area contributed by atoms with Gasteiger partial charge in [0.05, 0.1) is 5.56 Å². The van der Waals surface area contributed by atoms with E-state index in [0.717, 1.165) is 26.1 Å². The molecule has 1 aromatic rings. The summed E-state index contributed by atoms with van der Waals surface area (Å²) in [7, 11) is 0. The summed E-state index contributed by atoms with van der Waals surface area (Å²) in [5.74, 6) is 0.436. The molecule has 118 valence electrons. The van der Waals surface area contributed by atoms with Gasteiger partial charge in [0.1, 0.15) is 0 Å². The van der Waals surface area contributed by atoms with E-state index in [4.69, 9.17) is 0 Å². The molecule has 0 aliphatic carbocycles. The monoisotopic (exact) mass is 300 g/mol. The second-order valence-corrected chi connectivity index (χ2v) is 6.09. The molecule has 1 saturated heterocycles. The quantitative estimate of drug-likeness (QED) is 0.899. The maximum Gasteiger partial charge on any atom is 0.416 e. The average molecular weight is 300 g/mol. The first-order valence-electron chi connectivity index (χ1n) is 7.47. The normalized spacial score (nSPS) is 25.4. The van der Waals surface area contributed by atoms with E-state index in [1.54, 1.807) is 12.1 Å². The highest BCUT2D eigenvalue weighted by Gasteiger charge is 2.33. The van der Waals surface area contributed by atoms with Crippen LogP contribution in [0.4, 0.5) is 13.2 Å². The Morgan fingerprint density at radius 3 is 2.67 bits per heavy atom. The number of rotatable bonds is 2. The van der Waals surface area contributed by atoms with Crippen molar-refractivity contribution in [2.75, 3.05) is 19.6 Å². The van der Waals surface area contributed by atoms with E-state index in [1.807, 2.05) is 0 Å². The predicted octanol–water partition coefficient (Wildman–Crippen LogP) is 3.53. The molecule has 1 N–H and O–H groups in total. The van der Waals surface area contributed by atoms with Crippen molar-refractivity contribution in [1.29, 1.82) is 0 Å². The van der Waals surface area contributed by atoms with Gasteiger partial charge in [-0.15, -0.1) is 0 Å². The van der Waals surface area contributed by atoms with E-state index in [-0.39, 0.29) is 0 Å². The highest BCUT2D eigenvalue weighted by Crippen LogP contribution is 2.32. The lowest BCUT2D eigenvalue weighted by atomic mass is 10.0. The Morgan fingerprint density at radius 1 is 1.24 bits per heavy atom. The summed E-state index contributed by atoms with van der Waals surface area (Å²) >= 11 is 0. The van der Waals surface area contributed by atoms with Crippen molar-refractivity contribution in [3.8, 4) is 0 Å². The van der Waals surface area contributed by atoms with Crippen LogP contribution in [0.15, 0.2) is 24.3 Å². The molecule has 0 amide bonds. The second-order valence-electron chi connectivity index (χ2n) is 6.09. The van der Waals surface area contributed by atoms with Gasteiger partial charge in [-0.1, -0.05) is 25.1 Å². The first-order chi connectivity index (χ1) is 9.86. The Kier molecular flexibility index (Phi) is 5.27. The molecule has 1 aromatic carbocycles. The van der Waals surface area contributed by atoms with E-state index in [1.165, 1.54) is 12.1 Å². The molecule has 1 aliphatic rings. The van der Waals surface area contributed by atoms with Gasteiger partial charge in [-0.3, -0.25) is 4.90 Å². The van der Waals surface area contributed by atoms with Gasteiger partial charge in [0.2, 0.25) is 0 Å². The highest BCUT2D eigenvalue weighted by molar-refractivity contribution is 5.29. The molecular weight excluding hydrogens is 277 g/mol. The first kappa shape index (κ1) is 16.3. The van der Waals surface area contributed by atoms with Crippen LogP contribution in [0, 0.1) is 5.92 Å². The minimum absolute atomic E-state index is 0.368. The van der Waals surface area contributed by atoms with Crippen LogP contribution in [0.2, 0.25) is 0 Å². The van der Waals surface area contributed by atoms with Crippen molar-refractivity contribution in [2.45, 2.75) is 39.0 Å². The van der Waals surface area contributed by atoms with Gasteiger partial charge in [0, 0.05) is 19.1 Å². The molecule has 0 radical (unpaired) electrons. The van der Waals surface area contributed by atoms with Crippen molar-refractivity contribution in [3.05, 3.63) is 35.4 Å². The van der Waals surface area contributed by atoms with Gasteiger partial charge in [-0.05, 0) is 44.0 Å². The summed E-state index contributed by atoms with van der Waals surface area (Å²) in [6, 6.07) is 6.31. The SMILES string of the molecule is CC1CNC(C)CCN(Cc2ccccc2C(F)(F)F)C1. The van der Waals surface area contributed by atoms with E-state index in [0.29, 0.717) is 24.1 Å². The van der Waals surface area contributed by atoms with Crippen molar-refractivity contribution < 1.29 is 13.2 Å². The van der Waals surface area contributed by atoms with E-state index < -0.39 is 11.7 Å². The zero-order valence-electron chi connectivity index (χ0n) is 12.6. The van der Waals surface area contributed by atoms with E-state index in [2.05, 4.69) is 24.1 Å². The highest BCUT2D eigenvalue weighted by atomic mass is 19.4. The van der Waals surface area contributed by atoms with Gasteiger partial charge >= 0.3 is 6.18 Å². The number of hydrogen-bond acceptors (Lipinski definition) is 2. The lowest BCUT2D eigenvalue weighted by Gasteiger charge is -2.31. The summed E-state index contributed by atoms with van der Waals surface area (Å²) in [5, 5.41) is 3.45. The van der Waals surface area contributed by atoms with Crippen LogP contribution in [0.3, 0.4) is 0 Å². The van der Waals surface area contributed by atoms with Crippen LogP contribution in [0.5, 0.6) is 0 Å². The Bertz CT molecular complexity index is 459. The van der Waals surface area contributed by atoms with Crippen LogP contribution >= 0.6 is 0 Å². The van der Waals surface area contributed by atoms with Crippen LogP contribution in [0.25, 0.3) is 0 Å². The summed E-state index contributed by atoms with van der Waals surface area (Å²) in [4.78, 5) is 2.15. The first-order valence-corrected chi connectivity index (χ1v) is 7.47. The van der Waals surface area contributed by atoms with Gasteiger partial charge < -0.3 is 5.32 Å². The molecular formula is C16H23F3N2. The largest absolute Gasteiger partial charge is 0.416 e. The Labute approximate surface area is 124 Å². The molecule has 1 heterocycles. The molecule has 1 fully saturated rings. The molecule has 0 spiro atoms. The molecule has 0 aromatic heterocycles. The molecule has 2 unspecified atom stereocenters. The Hall–Kier alpha value is -1.07. The molecule has 0 saturated carbocycles. The van der Waals surface area contributed by atoms with Crippen LogP contribution in [0.1, 0.15) is 31.4 Å². The standard InChI is InChI=1S/C16H23F3N2/c1-12-9-20-13(2)7-8-21(10-12)11-14-5-3-4-6-15(14)16(17,18)19/h3-6,12-13,20H,7-11H2,1-2H3. The van der Waals surface area contributed by atoms with E-state index in [9.17, 15) is 13.2 Å². The topological polar surface area (TPSA) is 15.3 Å². The van der Waals surface area contributed by atoms with Crippen LogP contribution < -0.4 is 5.32 Å². The lowest BCUT2D eigenvalue weighted by Crippen LogP contribution is -2.42. The van der Waals surface area contributed by atoms with Crippen LogP contribution in [-0.2, 0) is 12.7 Å². The maximum absolute atomic E-state index is 13.1. The Balaban J connectivity index is 2.13. The lowest BCUT2D eigenvalue weighted by molar-refractivity contribution is -0.138. The minimum atomic E-state index is -4.28. The zero-order valence-corrected chi connectivity index (χ0v) is 12.6. The fraction of sp³-hybridized carbons (Fsp3) is 0.625. The Morgan fingerprint density at radius 2 is 1.95 bits per heavy atom. The predicted molar refractivity (Wildman–Crippen MR) is 78.0 cm³/mol. The third-order valence-corrected chi connectivity index (χ3v) is 3.98. The number of halogens is 3. The van der Waals surface area contributed by atoms with Gasteiger partial charge in [0.15, 0.2) is 0 Å². The average Bonchev–Trinajstić information content (AvgIpc) is 2.40. The fourth-order valence-corrected chi connectivity index (χ4v) is 2.80. The molecule has 1 aliphatic heterocycles. The van der Waals surface area contributed by atoms with Gasteiger partial charge in [-0.2, -0.15) is 13.2 Å². The summed E-state index contributed by atoms with van der Waals surface area (Å²) in [6.07, 6.45) is -3.32. The van der Waals surface area contributed by atoms with Crippen molar-refractivity contribution in [2.24, 2.45) is 5.92 Å². The molecule has 2 nitrogen and oxygen atoms in total. The third kappa shape index (κ3) is 4.71. The molecule has 2 rings (SSSR count). The zero-order chi connectivity index (χ0) is 15.5. The van der Waals surface area contributed by atoms with Crippen molar-refractivity contribution >= 4 is 0 Å². The number of hydrogen-bond donors (Lipinski definition) is 1. The molecule has 2 atom stereocenters. The fourth-order valence-electron chi connectivity index (χ4n) is 2.80. The van der Waals surface area contributed by atoms with Crippen molar-refractivity contribution in [1.82, 2.24) is 10.2 Å². The van der Waals surface area contributed by atoms with Crippen LogP contribution in [-0.4, -0.2) is 30.6 Å². The maximum atomic E-state index is 13.1. The molecule has 0 bridgehead atoms. The summed E-state index contributed by atoms with van der Waals surface area (Å²) in [5.41, 5.74) is -0.135. The third-order valence-electron chi connectivity index (χ3n) is 3.98. The van der Waals surface area contributed by atoms with E-state index >= 15 is 0 Å². The smallest absolute Gasteiger partial charge is 0.314 e. The molecule has 21 heavy (non-hydrogen) atoms. The molecule has 5 heteroatoms. The number of nitrogens with zero attached hydrogens (tertiary/aromatic N) is 1. The second kappa shape index (κ2) is 6.79. The summed E-state index contributed by atoms with van der Waals surface area (Å²) < 4.78 is 39.2.